The number of hydrogen-bond donors (Lipinski definition) is 2. The van der Waals surface area contributed by atoms with Gasteiger partial charge in [-0.1, -0.05) is 18.5 Å². The van der Waals surface area contributed by atoms with Crippen molar-refractivity contribution >= 4 is 34.6 Å². The van der Waals surface area contributed by atoms with E-state index in [1.165, 1.54) is 18.5 Å². The fourth-order valence-electron chi connectivity index (χ4n) is 3.13. The summed E-state index contributed by atoms with van der Waals surface area (Å²) in [4.78, 5) is 14.4. The van der Waals surface area contributed by atoms with Crippen LogP contribution in [0.4, 0.5) is 17.1 Å². The number of rotatable bonds is 6. The second-order valence-electron chi connectivity index (χ2n) is 6.95. The molecule has 138 valence electrons. The van der Waals surface area contributed by atoms with Gasteiger partial charge >= 0.3 is 0 Å². The fourth-order valence-corrected chi connectivity index (χ4v) is 3.26. The molecule has 1 heterocycles. The number of halogens is 1. The Morgan fingerprint density at radius 3 is 2.31 bits per heavy atom. The zero-order valence-electron chi connectivity index (χ0n) is 15.2. The topological polar surface area (TPSA) is 44.4 Å². The lowest BCUT2D eigenvalue weighted by molar-refractivity contribution is -0.115. The molecule has 0 radical (unpaired) electrons. The summed E-state index contributed by atoms with van der Waals surface area (Å²) in [5.41, 5.74) is 3.08. The normalized spacial score (nSPS) is 14.9. The SMILES string of the molecule is CC1CCN(c2ccc(NCCC(=O)Nc3ccc(Cl)cc3)cc2)CC1. The Kier molecular flexibility index (Phi) is 6.40. The van der Waals surface area contributed by atoms with Gasteiger partial charge in [-0.25, -0.2) is 0 Å². The van der Waals surface area contributed by atoms with Crippen LogP contribution in [0.1, 0.15) is 26.2 Å². The van der Waals surface area contributed by atoms with Gasteiger partial charge in [0.2, 0.25) is 5.91 Å². The Hall–Kier alpha value is -2.20. The number of carbonyl (C=O) groups is 1. The molecule has 0 bridgehead atoms. The highest BCUT2D eigenvalue weighted by Gasteiger charge is 2.15. The van der Waals surface area contributed by atoms with Crippen molar-refractivity contribution < 1.29 is 4.79 Å². The van der Waals surface area contributed by atoms with Crippen LogP contribution >= 0.6 is 11.6 Å². The van der Waals surface area contributed by atoms with Crippen molar-refractivity contribution in [3.63, 3.8) is 0 Å². The highest BCUT2D eigenvalue weighted by molar-refractivity contribution is 6.30. The van der Waals surface area contributed by atoms with E-state index in [9.17, 15) is 4.79 Å². The molecular formula is C21H26ClN3O. The minimum absolute atomic E-state index is 0.0149. The van der Waals surface area contributed by atoms with Gasteiger partial charge < -0.3 is 15.5 Å². The standard InChI is InChI=1S/C21H26ClN3O/c1-16-11-14-25(15-12-16)20-8-6-18(7-9-20)23-13-10-21(26)24-19-4-2-17(22)3-5-19/h2-9,16,23H,10-15H2,1H3,(H,24,26). The van der Waals surface area contributed by atoms with Gasteiger partial charge in [-0.15, -0.1) is 0 Å². The first-order valence-corrected chi connectivity index (χ1v) is 9.62. The molecule has 0 saturated carbocycles. The van der Waals surface area contributed by atoms with Gasteiger partial charge in [0.1, 0.15) is 0 Å². The summed E-state index contributed by atoms with van der Waals surface area (Å²) in [6.45, 7) is 5.20. The first kappa shape index (κ1) is 18.6. The molecule has 5 heteroatoms. The van der Waals surface area contributed by atoms with E-state index in [1.54, 1.807) is 24.3 Å². The predicted molar refractivity (Wildman–Crippen MR) is 110 cm³/mol. The lowest BCUT2D eigenvalue weighted by Crippen LogP contribution is -2.32. The zero-order valence-corrected chi connectivity index (χ0v) is 15.9. The van der Waals surface area contributed by atoms with Crippen molar-refractivity contribution in [2.24, 2.45) is 5.92 Å². The number of nitrogens with zero attached hydrogens (tertiary/aromatic N) is 1. The van der Waals surface area contributed by atoms with E-state index in [-0.39, 0.29) is 5.91 Å². The van der Waals surface area contributed by atoms with Gasteiger partial charge in [0.15, 0.2) is 0 Å². The Morgan fingerprint density at radius 2 is 1.65 bits per heavy atom. The highest BCUT2D eigenvalue weighted by Crippen LogP contribution is 2.24. The third kappa shape index (κ3) is 5.40. The van der Waals surface area contributed by atoms with Crippen molar-refractivity contribution in [1.82, 2.24) is 0 Å². The molecule has 0 spiro atoms. The van der Waals surface area contributed by atoms with Crippen LogP contribution in [0.15, 0.2) is 48.5 Å². The summed E-state index contributed by atoms with van der Waals surface area (Å²) >= 11 is 5.84. The average Bonchev–Trinajstić information content (AvgIpc) is 2.65. The number of piperidine rings is 1. The molecule has 1 aliphatic rings. The van der Waals surface area contributed by atoms with Crippen molar-refractivity contribution in [2.75, 3.05) is 35.2 Å². The molecule has 4 nitrogen and oxygen atoms in total. The quantitative estimate of drug-likeness (QED) is 0.749. The maximum Gasteiger partial charge on any atom is 0.226 e. The molecule has 26 heavy (non-hydrogen) atoms. The lowest BCUT2D eigenvalue weighted by Gasteiger charge is -2.32. The van der Waals surface area contributed by atoms with E-state index >= 15 is 0 Å². The Labute approximate surface area is 160 Å². The molecule has 1 saturated heterocycles. The zero-order chi connectivity index (χ0) is 18.4. The van der Waals surface area contributed by atoms with Gasteiger partial charge in [0.05, 0.1) is 0 Å². The average molecular weight is 372 g/mol. The van der Waals surface area contributed by atoms with E-state index < -0.39 is 0 Å². The fraction of sp³-hybridized carbons (Fsp3) is 0.381. The molecule has 0 aromatic heterocycles. The number of hydrogen-bond acceptors (Lipinski definition) is 3. The summed E-state index contributed by atoms with van der Waals surface area (Å²) < 4.78 is 0. The Balaban J connectivity index is 1.41. The van der Waals surface area contributed by atoms with Gasteiger partial charge in [-0.3, -0.25) is 4.79 Å². The molecule has 1 amide bonds. The number of carbonyl (C=O) groups excluding carboxylic acids is 1. The van der Waals surface area contributed by atoms with Gasteiger partial charge in [0.25, 0.3) is 0 Å². The number of amides is 1. The second-order valence-corrected chi connectivity index (χ2v) is 7.38. The van der Waals surface area contributed by atoms with Crippen LogP contribution in [0.2, 0.25) is 5.02 Å². The molecule has 0 atom stereocenters. The highest BCUT2D eigenvalue weighted by atomic mass is 35.5. The van der Waals surface area contributed by atoms with E-state index in [2.05, 4.69) is 46.7 Å². The molecular weight excluding hydrogens is 346 g/mol. The predicted octanol–water partition coefficient (Wildman–Crippen LogP) is 5.02. The number of benzene rings is 2. The van der Waals surface area contributed by atoms with Crippen molar-refractivity contribution in [3.8, 4) is 0 Å². The third-order valence-electron chi connectivity index (χ3n) is 4.83. The first-order chi connectivity index (χ1) is 12.6. The largest absolute Gasteiger partial charge is 0.385 e. The smallest absolute Gasteiger partial charge is 0.226 e. The van der Waals surface area contributed by atoms with Gasteiger partial charge in [0, 0.05) is 48.1 Å². The molecule has 0 aliphatic carbocycles. The third-order valence-corrected chi connectivity index (χ3v) is 5.08. The first-order valence-electron chi connectivity index (χ1n) is 9.24. The second kappa shape index (κ2) is 8.95. The van der Waals surface area contributed by atoms with Crippen LogP contribution in [-0.4, -0.2) is 25.5 Å². The number of anilines is 3. The van der Waals surface area contributed by atoms with Crippen LogP contribution in [0.5, 0.6) is 0 Å². The van der Waals surface area contributed by atoms with Crippen LogP contribution in [-0.2, 0) is 4.79 Å². The minimum atomic E-state index is -0.0149. The van der Waals surface area contributed by atoms with E-state index in [0.29, 0.717) is 18.0 Å². The molecule has 1 aliphatic heterocycles. The van der Waals surface area contributed by atoms with Crippen molar-refractivity contribution in [3.05, 3.63) is 53.6 Å². The molecule has 1 fully saturated rings. The van der Waals surface area contributed by atoms with Crippen LogP contribution in [0.3, 0.4) is 0 Å². The molecule has 3 rings (SSSR count). The van der Waals surface area contributed by atoms with Crippen LogP contribution < -0.4 is 15.5 Å². The maximum absolute atomic E-state index is 12.0. The van der Waals surface area contributed by atoms with E-state index in [4.69, 9.17) is 11.6 Å². The summed E-state index contributed by atoms with van der Waals surface area (Å²) in [5.74, 6) is 0.824. The molecule has 0 unspecified atom stereocenters. The minimum Gasteiger partial charge on any atom is -0.385 e. The summed E-state index contributed by atoms with van der Waals surface area (Å²) in [6.07, 6.45) is 2.94. The van der Waals surface area contributed by atoms with Crippen molar-refractivity contribution in [2.45, 2.75) is 26.2 Å². The Morgan fingerprint density at radius 1 is 1.04 bits per heavy atom. The van der Waals surface area contributed by atoms with E-state index in [1.807, 2.05) is 0 Å². The van der Waals surface area contributed by atoms with Gasteiger partial charge in [-0.05, 0) is 67.3 Å². The Bertz CT molecular complexity index is 707. The molecule has 2 aromatic carbocycles. The summed E-state index contributed by atoms with van der Waals surface area (Å²) in [6, 6.07) is 15.6. The summed E-state index contributed by atoms with van der Waals surface area (Å²) in [5, 5.41) is 6.83. The van der Waals surface area contributed by atoms with Crippen LogP contribution in [0.25, 0.3) is 0 Å². The molecule has 2 N–H and O–H groups in total. The van der Waals surface area contributed by atoms with E-state index in [0.717, 1.165) is 30.4 Å². The van der Waals surface area contributed by atoms with Crippen LogP contribution in [0, 0.1) is 5.92 Å². The van der Waals surface area contributed by atoms with Gasteiger partial charge in [-0.2, -0.15) is 0 Å². The monoisotopic (exact) mass is 371 g/mol. The maximum atomic E-state index is 12.0. The number of nitrogens with one attached hydrogen (secondary N) is 2. The molecule has 2 aromatic rings. The lowest BCUT2D eigenvalue weighted by atomic mass is 9.99. The van der Waals surface area contributed by atoms with Crippen molar-refractivity contribution in [1.29, 1.82) is 0 Å². The summed E-state index contributed by atoms with van der Waals surface area (Å²) in [7, 11) is 0.